The molecule has 0 aromatic carbocycles. The summed E-state index contributed by atoms with van der Waals surface area (Å²) in [5.74, 6) is 0. The summed E-state index contributed by atoms with van der Waals surface area (Å²) in [6.07, 6.45) is 0. The molecule has 1 nitrogen and oxygen atoms in total. The third-order valence-electron chi connectivity index (χ3n) is 2.86. The van der Waals surface area contributed by atoms with Crippen molar-refractivity contribution in [1.82, 2.24) is 0 Å². The zero-order valence-electron chi connectivity index (χ0n) is 14.4. The average molecular weight is 309 g/mol. The first-order valence-electron chi connectivity index (χ1n) is 6.66. The molecule has 0 bridgehead atoms. The van der Waals surface area contributed by atoms with Crippen molar-refractivity contribution in [2.45, 2.75) is 78.6 Å². The lowest BCUT2D eigenvalue weighted by molar-refractivity contribution is 0.559. The van der Waals surface area contributed by atoms with E-state index in [2.05, 4.69) is 78.6 Å². The standard InChI is InChI=1S/C6H18OSi2.C6H18Si2/c1-8(2,3)7-9(4,5)6;1-7(2,3)8(4,5)6/h1-6H3;1-6H3. The van der Waals surface area contributed by atoms with Crippen LogP contribution < -0.4 is 0 Å². The Morgan fingerprint density at radius 1 is 0.412 bits per heavy atom. The summed E-state index contributed by atoms with van der Waals surface area (Å²) in [7, 11) is -3.90. The fraction of sp³-hybridized carbons (Fsp3) is 1.00. The molecule has 0 saturated carbocycles. The van der Waals surface area contributed by atoms with Crippen molar-refractivity contribution in [1.29, 1.82) is 0 Å². The molecule has 0 aliphatic rings. The summed E-state index contributed by atoms with van der Waals surface area (Å²) in [6, 6.07) is 0. The third kappa shape index (κ3) is 14.8. The maximum atomic E-state index is 5.90. The van der Waals surface area contributed by atoms with E-state index in [1.54, 1.807) is 0 Å². The van der Waals surface area contributed by atoms with Crippen molar-refractivity contribution in [3.63, 3.8) is 0 Å². The van der Waals surface area contributed by atoms with E-state index < -0.39 is 31.8 Å². The molecule has 17 heavy (non-hydrogen) atoms. The summed E-state index contributed by atoms with van der Waals surface area (Å²) >= 11 is 0. The topological polar surface area (TPSA) is 9.23 Å². The molecular weight excluding hydrogens is 272 g/mol. The maximum absolute atomic E-state index is 5.90. The van der Waals surface area contributed by atoms with E-state index in [4.69, 9.17) is 4.12 Å². The highest BCUT2D eigenvalue weighted by molar-refractivity contribution is 7.39. The first kappa shape index (κ1) is 20.2. The number of rotatable bonds is 3. The summed E-state index contributed by atoms with van der Waals surface area (Å²) < 4.78 is 5.90. The smallest absolute Gasteiger partial charge is 0.170 e. The molecule has 0 unspecified atom stereocenters. The van der Waals surface area contributed by atoms with Gasteiger partial charge in [0.25, 0.3) is 0 Å². The zero-order valence-corrected chi connectivity index (χ0v) is 18.4. The fourth-order valence-electron chi connectivity index (χ4n) is 0.919. The van der Waals surface area contributed by atoms with Crippen molar-refractivity contribution in [3.05, 3.63) is 0 Å². The van der Waals surface area contributed by atoms with E-state index in [1.165, 1.54) is 0 Å². The fourth-order valence-corrected chi connectivity index (χ4v) is 8.27. The molecule has 5 heteroatoms. The Labute approximate surface area is 114 Å². The van der Waals surface area contributed by atoms with Crippen LogP contribution >= 0.6 is 0 Å². The van der Waals surface area contributed by atoms with Gasteiger partial charge in [-0.3, -0.25) is 0 Å². The van der Waals surface area contributed by atoms with E-state index in [0.29, 0.717) is 0 Å². The lowest BCUT2D eigenvalue weighted by Gasteiger charge is -2.30. The van der Waals surface area contributed by atoms with Crippen LogP contribution in [0.5, 0.6) is 0 Å². The van der Waals surface area contributed by atoms with Gasteiger partial charge in [0.15, 0.2) is 16.6 Å². The summed E-state index contributed by atoms with van der Waals surface area (Å²) in [4.78, 5) is 0. The van der Waals surface area contributed by atoms with E-state index >= 15 is 0 Å². The predicted molar refractivity (Wildman–Crippen MR) is 94.5 cm³/mol. The monoisotopic (exact) mass is 308 g/mol. The van der Waals surface area contributed by atoms with Crippen LogP contribution in [0.25, 0.3) is 0 Å². The second-order valence-electron chi connectivity index (χ2n) is 8.83. The minimum Gasteiger partial charge on any atom is -0.456 e. The van der Waals surface area contributed by atoms with Crippen molar-refractivity contribution >= 4 is 31.8 Å². The Balaban J connectivity index is 0. The van der Waals surface area contributed by atoms with Crippen molar-refractivity contribution in [2.24, 2.45) is 0 Å². The van der Waals surface area contributed by atoms with E-state index in [9.17, 15) is 0 Å². The molecule has 106 valence electrons. The predicted octanol–water partition coefficient (Wildman–Crippen LogP) is 5.41. The van der Waals surface area contributed by atoms with Crippen LogP contribution in [-0.4, -0.2) is 31.8 Å². The highest BCUT2D eigenvalue weighted by Crippen LogP contribution is 2.17. The Hall–Kier alpha value is 0.828. The lowest BCUT2D eigenvalue weighted by atomic mass is 11.8. The van der Waals surface area contributed by atoms with Gasteiger partial charge >= 0.3 is 0 Å². The molecule has 0 atom stereocenters. The quantitative estimate of drug-likeness (QED) is 0.633. The highest BCUT2D eigenvalue weighted by Gasteiger charge is 2.31. The molecule has 0 spiro atoms. The molecule has 0 radical (unpaired) electrons. The zero-order chi connectivity index (χ0) is 14.7. The Bertz CT molecular complexity index is 189. The number of hydrogen-bond donors (Lipinski definition) is 0. The second-order valence-corrected chi connectivity index (χ2v) is 36.1. The normalized spacial score (nSPS) is 14.1. The van der Waals surface area contributed by atoms with Gasteiger partial charge in [-0.05, 0) is 39.3 Å². The van der Waals surface area contributed by atoms with Gasteiger partial charge in [-0.25, -0.2) is 0 Å². The average Bonchev–Trinajstić information content (AvgIpc) is 1.71. The number of hydrogen-bond acceptors (Lipinski definition) is 1. The molecule has 0 N–H and O–H groups in total. The van der Waals surface area contributed by atoms with Gasteiger partial charge in [0.2, 0.25) is 0 Å². The molecule has 0 fully saturated rings. The molecule has 0 amide bonds. The van der Waals surface area contributed by atoms with Gasteiger partial charge in [0, 0.05) is 15.2 Å². The summed E-state index contributed by atoms with van der Waals surface area (Å²) in [6.45, 7) is 28.3. The largest absolute Gasteiger partial charge is 0.456 e. The summed E-state index contributed by atoms with van der Waals surface area (Å²) in [5, 5.41) is 0. The van der Waals surface area contributed by atoms with Crippen LogP contribution in [-0.2, 0) is 4.12 Å². The van der Waals surface area contributed by atoms with Crippen molar-refractivity contribution < 1.29 is 4.12 Å². The van der Waals surface area contributed by atoms with Crippen LogP contribution in [0.3, 0.4) is 0 Å². The Morgan fingerprint density at radius 3 is 0.588 bits per heavy atom. The molecule has 0 aromatic heterocycles. The summed E-state index contributed by atoms with van der Waals surface area (Å²) in [5.41, 5.74) is 0. The third-order valence-corrected chi connectivity index (χ3v) is 25.8. The molecule has 0 aliphatic carbocycles. The van der Waals surface area contributed by atoms with Gasteiger partial charge in [0.05, 0.1) is 0 Å². The van der Waals surface area contributed by atoms with Crippen molar-refractivity contribution in [2.75, 3.05) is 0 Å². The molecular formula is C12H36OSi4. The van der Waals surface area contributed by atoms with Crippen LogP contribution in [0.4, 0.5) is 0 Å². The van der Waals surface area contributed by atoms with E-state index in [0.717, 1.165) is 0 Å². The van der Waals surface area contributed by atoms with E-state index in [1.807, 2.05) is 0 Å². The van der Waals surface area contributed by atoms with E-state index in [-0.39, 0.29) is 0 Å². The SMILES string of the molecule is C[Si](C)(C)O[Si](C)(C)C.C[Si](C)(C)[Si](C)(C)C. The Morgan fingerprint density at radius 2 is 0.588 bits per heavy atom. The molecule has 0 aromatic rings. The lowest BCUT2D eigenvalue weighted by Crippen LogP contribution is -2.49. The second kappa shape index (κ2) is 6.32. The van der Waals surface area contributed by atoms with Gasteiger partial charge in [-0.2, -0.15) is 0 Å². The minimum atomic E-state index is -1.23. The first-order valence-corrected chi connectivity index (χ1v) is 21.5. The molecule has 0 saturated heterocycles. The maximum Gasteiger partial charge on any atom is 0.170 e. The minimum absolute atomic E-state index is 0.720. The first-order chi connectivity index (χ1) is 6.96. The molecule has 0 heterocycles. The van der Waals surface area contributed by atoms with Crippen LogP contribution in [0, 0.1) is 0 Å². The Kier molecular flexibility index (Phi) is 7.49. The highest BCUT2D eigenvalue weighted by atomic mass is 29.3. The molecule has 0 aliphatic heterocycles. The van der Waals surface area contributed by atoms with Crippen LogP contribution in [0.2, 0.25) is 78.6 Å². The molecule has 0 rings (SSSR count). The van der Waals surface area contributed by atoms with Crippen LogP contribution in [0.15, 0.2) is 0 Å². The van der Waals surface area contributed by atoms with Gasteiger partial charge in [0.1, 0.15) is 0 Å². The van der Waals surface area contributed by atoms with Crippen LogP contribution in [0.1, 0.15) is 0 Å². The van der Waals surface area contributed by atoms with Crippen molar-refractivity contribution in [3.8, 4) is 0 Å². The van der Waals surface area contributed by atoms with Gasteiger partial charge in [-0.1, -0.05) is 39.3 Å². The van der Waals surface area contributed by atoms with Gasteiger partial charge in [-0.15, -0.1) is 0 Å². The van der Waals surface area contributed by atoms with Gasteiger partial charge < -0.3 is 4.12 Å².